The van der Waals surface area contributed by atoms with Crippen LogP contribution in [0.4, 0.5) is 0 Å². The highest BCUT2D eigenvalue weighted by Crippen LogP contribution is 2.20. The average molecular weight is 468 g/mol. The van der Waals surface area contributed by atoms with Gasteiger partial charge in [-0.2, -0.15) is 0 Å². The molecule has 0 aromatic heterocycles. The fourth-order valence-electron chi connectivity index (χ4n) is 2.57. The Bertz CT molecular complexity index is 990. The van der Waals surface area contributed by atoms with Gasteiger partial charge < -0.3 is 5.32 Å². The Morgan fingerprint density at radius 1 is 1.32 bits per heavy atom. The van der Waals surface area contributed by atoms with Crippen molar-refractivity contribution < 1.29 is 13.2 Å². The topological polar surface area (TPSA) is 104 Å². The Hall–Kier alpha value is -2.52. The quantitative estimate of drug-likeness (QED) is 0.413. The number of sulfone groups is 1. The van der Waals surface area contributed by atoms with Crippen LogP contribution in [0.2, 0.25) is 0 Å². The van der Waals surface area contributed by atoms with Crippen molar-refractivity contribution in [2.24, 2.45) is 15.0 Å². The predicted molar refractivity (Wildman–Crippen MR) is 129 cm³/mol. The van der Waals surface area contributed by atoms with Crippen LogP contribution in [0.5, 0.6) is 0 Å². The van der Waals surface area contributed by atoms with E-state index in [0.717, 1.165) is 0 Å². The Morgan fingerprint density at radius 2 is 1.97 bits per heavy atom. The molecule has 0 aromatic rings. The zero-order valence-electron chi connectivity index (χ0n) is 18.6. The number of hydrogen-bond donors (Lipinski definition) is 1. The van der Waals surface area contributed by atoms with E-state index in [4.69, 9.17) is 11.6 Å². The number of halogens is 1. The molecule has 8 nitrogen and oxygen atoms in total. The molecule has 1 rings (SSSR count). The van der Waals surface area contributed by atoms with Crippen molar-refractivity contribution in [1.29, 1.82) is 0 Å². The third kappa shape index (κ3) is 7.00. The summed E-state index contributed by atoms with van der Waals surface area (Å²) in [5.41, 5.74) is 0.815. The van der Waals surface area contributed by atoms with Crippen molar-refractivity contribution in [3.05, 3.63) is 46.8 Å². The SMILES string of the molecule is C=C(CNC1=NC(=C/C)/C(=N\C(=C)Cl)N([C@H](C)CC)C1=O)/N=C\C(=C/C)S(=O)(=O)CC. The van der Waals surface area contributed by atoms with Gasteiger partial charge in [-0.25, -0.2) is 18.4 Å². The Labute approximate surface area is 189 Å². The number of amidine groups is 2. The summed E-state index contributed by atoms with van der Waals surface area (Å²) in [7, 11) is -3.37. The number of carbonyl (C=O) groups is 1. The molecule has 0 spiro atoms. The molecule has 170 valence electrons. The van der Waals surface area contributed by atoms with Gasteiger partial charge in [-0.1, -0.05) is 50.8 Å². The number of nitrogens with zero attached hydrogens (tertiary/aromatic N) is 4. The standard InChI is InChI=1S/C21H30ClN5O3S/c1-8-15(6)27-20(25-16(7)22)18(10-3)26-19(21(27)28)24-12-14(5)23-13-17(9-2)31(29,30)11-4/h9-10,13,15H,5,7-8,11-12H2,1-4,6H3,(H,24,26)/b17-9+,18-10+,23-13-,25-20+/t15-/m1/s1. The first kappa shape index (κ1) is 26.5. The summed E-state index contributed by atoms with van der Waals surface area (Å²) in [4.78, 5) is 27.4. The first-order valence-corrected chi connectivity index (χ1v) is 11.9. The first-order valence-electron chi connectivity index (χ1n) is 9.89. The zero-order valence-corrected chi connectivity index (χ0v) is 20.2. The van der Waals surface area contributed by atoms with E-state index in [1.54, 1.807) is 26.8 Å². The highest BCUT2D eigenvalue weighted by atomic mass is 35.5. The van der Waals surface area contributed by atoms with Gasteiger partial charge in [-0.05, 0) is 27.2 Å². The lowest BCUT2D eigenvalue weighted by Crippen LogP contribution is -2.53. The van der Waals surface area contributed by atoms with Crippen molar-refractivity contribution in [3.63, 3.8) is 0 Å². The third-order valence-corrected chi connectivity index (χ3v) is 6.41. The smallest absolute Gasteiger partial charge is 0.295 e. The molecule has 0 fully saturated rings. The molecule has 1 aliphatic heterocycles. The molecule has 0 saturated heterocycles. The number of nitrogens with one attached hydrogen (secondary N) is 1. The maximum atomic E-state index is 13.1. The largest absolute Gasteiger partial charge is 0.360 e. The van der Waals surface area contributed by atoms with Gasteiger partial charge in [0, 0.05) is 12.3 Å². The monoisotopic (exact) mass is 467 g/mol. The van der Waals surface area contributed by atoms with Crippen molar-refractivity contribution in [2.45, 2.75) is 47.1 Å². The van der Waals surface area contributed by atoms with E-state index in [0.29, 0.717) is 23.7 Å². The number of rotatable bonds is 9. The van der Waals surface area contributed by atoms with Gasteiger partial charge in [0.2, 0.25) is 0 Å². The number of hydrogen-bond acceptors (Lipinski definition) is 7. The summed E-state index contributed by atoms with van der Waals surface area (Å²) < 4.78 is 24.0. The second-order valence-corrected chi connectivity index (χ2v) is 9.37. The second-order valence-electron chi connectivity index (χ2n) is 6.65. The number of aliphatic imine (C=N–C) groups is 3. The lowest BCUT2D eigenvalue weighted by atomic mass is 10.1. The minimum absolute atomic E-state index is 0.0229. The average Bonchev–Trinajstić information content (AvgIpc) is 2.72. The lowest BCUT2D eigenvalue weighted by Gasteiger charge is -2.33. The number of allylic oxidation sites excluding steroid dienone is 3. The highest BCUT2D eigenvalue weighted by Gasteiger charge is 2.34. The van der Waals surface area contributed by atoms with Crippen LogP contribution < -0.4 is 5.32 Å². The molecule has 0 saturated carbocycles. The fourth-order valence-corrected chi connectivity index (χ4v) is 3.55. The number of amides is 1. The summed E-state index contributed by atoms with van der Waals surface area (Å²) in [5, 5.41) is 2.99. The van der Waals surface area contributed by atoms with Crippen molar-refractivity contribution in [2.75, 3.05) is 12.3 Å². The van der Waals surface area contributed by atoms with Gasteiger partial charge in [0.15, 0.2) is 21.5 Å². The molecular formula is C21H30ClN5O3S. The van der Waals surface area contributed by atoms with Gasteiger partial charge in [-0.3, -0.25) is 14.7 Å². The Balaban J connectivity index is 3.11. The summed E-state index contributed by atoms with van der Waals surface area (Å²) in [6.45, 7) is 16.3. The molecule has 0 radical (unpaired) electrons. The molecule has 1 atom stereocenters. The van der Waals surface area contributed by atoms with Crippen molar-refractivity contribution in [3.8, 4) is 0 Å². The van der Waals surface area contributed by atoms with E-state index in [2.05, 4.69) is 33.5 Å². The van der Waals surface area contributed by atoms with E-state index in [-0.39, 0.29) is 40.1 Å². The molecular weight excluding hydrogens is 438 g/mol. The molecule has 0 aromatic carbocycles. The van der Waals surface area contributed by atoms with Crippen LogP contribution in [-0.4, -0.2) is 55.5 Å². The minimum Gasteiger partial charge on any atom is -0.360 e. The fraction of sp³-hybridized carbons (Fsp3) is 0.429. The maximum absolute atomic E-state index is 13.1. The predicted octanol–water partition coefficient (Wildman–Crippen LogP) is 3.55. The van der Waals surface area contributed by atoms with Crippen LogP contribution in [-0.2, 0) is 14.6 Å². The van der Waals surface area contributed by atoms with Crippen LogP contribution in [0.15, 0.2) is 61.7 Å². The van der Waals surface area contributed by atoms with Gasteiger partial charge in [0.05, 0.1) is 22.9 Å². The van der Waals surface area contributed by atoms with E-state index in [1.807, 2.05) is 13.8 Å². The maximum Gasteiger partial charge on any atom is 0.295 e. The molecule has 1 N–H and O–H groups in total. The molecule has 1 heterocycles. The van der Waals surface area contributed by atoms with Crippen LogP contribution in [0.3, 0.4) is 0 Å². The van der Waals surface area contributed by atoms with Crippen LogP contribution in [0, 0.1) is 0 Å². The third-order valence-electron chi connectivity index (χ3n) is 4.50. The molecule has 31 heavy (non-hydrogen) atoms. The molecule has 0 aliphatic carbocycles. The molecule has 0 unspecified atom stereocenters. The highest BCUT2D eigenvalue weighted by molar-refractivity contribution is 7.96. The summed E-state index contributed by atoms with van der Waals surface area (Å²) in [6, 6.07) is -0.151. The molecule has 10 heteroatoms. The van der Waals surface area contributed by atoms with Gasteiger partial charge >= 0.3 is 0 Å². The van der Waals surface area contributed by atoms with Gasteiger partial charge in [0.1, 0.15) is 10.9 Å². The van der Waals surface area contributed by atoms with Crippen LogP contribution >= 0.6 is 11.6 Å². The van der Waals surface area contributed by atoms with Gasteiger partial charge in [-0.15, -0.1) is 0 Å². The minimum atomic E-state index is -3.37. The second kappa shape index (κ2) is 11.8. The van der Waals surface area contributed by atoms with E-state index in [9.17, 15) is 13.2 Å². The summed E-state index contributed by atoms with van der Waals surface area (Å²) in [5.74, 6) is 0.0597. The van der Waals surface area contributed by atoms with Crippen LogP contribution in [0.25, 0.3) is 0 Å². The van der Waals surface area contributed by atoms with Gasteiger partial charge in [0.25, 0.3) is 5.91 Å². The summed E-state index contributed by atoms with van der Waals surface area (Å²) in [6.07, 6.45) is 5.15. The number of carbonyl (C=O) groups excluding carboxylic acids is 1. The molecule has 0 bridgehead atoms. The molecule has 1 amide bonds. The van der Waals surface area contributed by atoms with E-state index in [1.165, 1.54) is 17.2 Å². The van der Waals surface area contributed by atoms with Crippen molar-refractivity contribution in [1.82, 2.24) is 10.2 Å². The van der Waals surface area contributed by atoms with E-state index >= 15 is 0 Å². The summed E-state index contributed by atoms with van der Waals surface area (Å²) >= 11 is 5.86. The normalized spacial score (nSPS) is 19.2. The lowest BCUT2D eigenvalue weighted by molar-refractivity contribution is -0.122. The zero-order chi connectivity index (χ0) is 23.8. The first-order chi connectivity index (χ1) is 14.5. The molecule has 1 aliphatic rings. The Morgan fingerprint density at radius 3 is 2.45 bits per heavy atom. The Kier molecular flexibility index (Phi) is 10.1. The van der Waals surface area contributed by atoms with E-state index < -0.39 is 9.84 Å². The van der Waals surface area contributed by atoms with Crippen molar-refractivity contribution >= 4 is 45.2 Å². The van der Waals surface area contributed by atoms with Crippen LogP contribution in [0.1, 0.15) is 41.0 Å².